The van der Waals surface area contributed by atoms with E-state index in [-0.39, 0.29) is 5.41 Å². The van der Waals surface area contributed by atoms with Crippen LogP contribution in [0.25, 0.3) is 0 Å². The smallest absolute Gasteiger partial charge is 0.336 e. The quantitative estimate of drug-likeness (QED) is 0.890. The van der Waals surface area contributed by atoms with Gasteiger partial charge in [-0.25, -0.2) is 4.79 Å². The number of piperidine rings is 1. The monoisotopic (exact) mass is 277 g/mol. The fourth-order valence-corrected chi connectivity index (χ4v) is 2.77. The van der Waals surface area contributed by atoms with Gasteiger partial charge < -0.3 is 10.2 Å². The van der Waals surface area contributed by atoms with Crippen LogP contribution < -0.4 is 0 Å². The third-order valence-electron chi connectivity index (χ3n) is 4.63. The minimum absolute atomic E-state index is 0.205. The fourth-order valence-electron chi connectivity index (χ4n) is 2.77. The van der Waals surface area contributed by atoms with Gasteiger partial charge in [-0.15, -0.1) is 0 Å². The minimum atomic E-state index is -0.885. The third-order valence-corrected chi connectivity index (χ3v) is 4.63. The molecule has 0 unspecified atom stereocenters. The van der Waals surface area contributed by atoms with E-state index in [2.05, 4.69) is 18.7 Å². The summed E-state index contributed by atoms with van der Waals surface area (Å²) in [5, 5.41) is 19.6. The lowest BCUT2D eigenvalue weighted by molar-refractivity contribution is -0.107. The highest BCUT2D eigenvalue weighted by Crippen LogP contribution is 2.38. The standard InChI is InChI=1S/C16H23NO3/c1-15(2)11-17(9-8-16(15,3)20)10-12-6-4-5-7-13(12)14(18)19/h4-7,20H,8-11H2,1-3H3,(H,18,19)/t16-/m1/s1. The Morgan fingerprint density at radius 1 is 1.30 bits per heavy atom. The van der Waals surface area contributed by atoms with Crippen molar-refractivity contribution in [3.8, 4) is 0 Å². The van der Waals surface area contributed by atoms with Crippen LogP contribution in [0.2, 0.25) is 0 Å². The summed E-state index contributed by atoms with van der Waals surface area (Å²) < 4.78 is 0. The fraction of sp³-hybridized carbons (Fsp3) is 0.562. The zero-order valence-electron chi connectivity index (χ0n) is 12.4. The van der Waals surface area contributed by atoms with E-state index in [0.717, 1.165) is 18.7 Å². The van der Waals surface area contributed by atoms with Crippen LogP contribution in [0.3, 0.4) is 0 Å². The average molecular weight is 277 g/mol. The highest BCUT2D eigenvalue weighted by Gasteiger charge is 2.43. The Balaban J connectivity index is 2.15. The Bertz CT molecular complexity index is 508. The minimum Gasteiger partial charge on any atom is -0.478 e. The Kier molecular flexibility index (Phi) is 3.89. The lowest BCUT2D eigenvalue weighted by Gasteiger charge is -2.48. The van der Waals surface area contributed by atoms with Gasteiger partial charge in [0.1, 0.15) is 0 Å². The molecule has 1 aliphatic heterocycles. The average Bonchev–Trinajstić information content (AvgIpc) is 2.34. The Labute approximate surface area is 120 Å². The molecule has 1 heterocycles. The van der Waals surface area contributed by atoms with Gasteiger partial charge in [0, 0.05) is 25.0 Å². The van der Waals surface area contributed by atoms with E-state index in [0.29, 0.717) is 18.5 Å². The molecule has 1 aromatic carbocycles. The maximum atomic E-state index is 11.2. The number of carboxylic acid groups (broad SMARTS) is 1. The number of hydrogen-bond acceptors (Lipinski definition) is 3. The van der Waals surface area contributed by atoms with E-state index in [1.807, 2.05) is 19.1 Å². The van der Waals surface area contributed by atoms with E-state index >= 15 is 0 Å². The first kappa shape index (κ1) is 15.0. The summed E-state index contributed by atoms with van der Waals surface area (Å²) in [5.74, 6) is -0.885. The van der Waals surface area contributed by atoms with Gasteiger partial charge in [-0.2, -0.15) is 0 Å². The van der Waals surface area contributed by atoms with Gasteiger partial charge in [-0.3, -0.25) is 4.90 Å². The van der Waals surface area contributed by atoms with Crippen molar-refractivity contribution >= 4 is 5.97 Å². The molecule has 1 atom stereocenters. The van der Waals surface area contributed by atoms with Gasteiger partial charge in [-0.05, 0) is 25.0 Å². The molecule has 0 aliphatic carbocycles. The molecule has 2 rings (SSSR count). The first-order valence-electron chi connectivity index (χ1n) is 6.99. The number of carboxylic acids is 1. The number of likely N-dealkylation sites (tertiary alicyclic amines) is 1. The number of hydrogen-bond donors (Lipinski definition) is 2. The van der Waals surface area contributed by atoms with E-state index in [9.17, 15) is 15.0 Å². The SMILES string of the molecule is CC1(C)CN(Cc2ccccc2C(=O)O)CC[C@@]1(C)O. The molecule has 1 fully saturated rings. The normalized spacial score (nSPS) is 26.4. The van der Waals surface area contributed by atoms with E-state index in [1.54, 1.807) is 12.1 Å². The number of nitrogens with zero attached hydrogens (tertiary/aromatic N) is 1. The number of carbonyl (C=O) groups is 1. The van der Waals surface area contributed by atoms with Crippen molar-refractivity contribution in [3.63, 3.8) is 0 Å². The molecule has 0 saturated carbocycles. The largest absolute Gasteiger partial charge is 0.478 e. The molecule has 0 spiro atoms. The molecule has 1 saturated heterocycles. The molecule has 20 heavy (non-hydrogen) atoms. The third kappa shape index (κ3) is 2.86. The van der Waals surface area contributed by atoms with Crippen molar-refractivity contribution in [1.29, 1.82) is 0 Å². The van der Waals surface area contributed by atoms with Gasteiger partial charge in [0.2, 0.25) is 0 Å². The van der Waals surface area contributed by atoms with Crippen molar-refractivity contribution in [2.75, 3.05) is 13.1 Å². The molecule has 1 aromatic rings. The number of aromatic carboxylic acids is 1. The van der Waals surface area contributed by atoms with Crippen molar-refractivity contribution in [1.82, 2.24) is 4.90 Å². The number of rotatable bonds is 3. The lowest BCUT2D eigenvalue weighted by atomic mass is 9.71. The molecule has 0 radical (unpaired) electrons. The summed E-state index contributed by atoms with van der Waals surface area (Å²) in [6.07, 6.45) is 0.704. The van der Waals surface area contributed by atoms with E-state index in [4.69, 9.17) is 0 Å². The first-order chi connectivity index (χ1) is 9.23. The summed E-state index contributed by atoms with van der Waals surface area (Å²) in [4.78, 5) is 13.5. The molecule has 0 aromatic heterocycles. The van der Waals surface area contributed by atoms with Crippen LogP contribution in [-0.2, 0) is 6.54 Å². The molecule has 4 nitrogen and oxygen atoms in total. The second-order valence-electron chi connectivity index (χ2n) is 6.58. The highest BCUT2D eigenvalue weighted by molar-refractivity contribution is 5.89. The molecule has 110 valence electrons. The zero-order chi connectivity index (χ0) is 15.0. The molecular formula is C16H23NO3. The summed E-state index contributed by atoms with van der Waals surface area (Å²) in [6, 6.07) is 7.12. The molecule has 2 N–H and O–H groups in total. The van der Waals surface area contributed by atoms with Crippen LogP contribution in [0.1, 0.15) is 43.1 Å². The summed E-state index contributed by atoms with van der Waals surface area (Å²) in [5.41, 5.74) is 0.319. The number of benzene rings is 1. The second-order valence-corrected chi connectivity index (χ2v) is 6.58. The second kappa shape index (κ2) is 5.19. The Morgan fingerprint density at radius 2 is 1.95 bits per heavy atom. The first-order valence-corrected chi connectivity index (χ1v) is 6.99. The molecule has 1 aliphatic rings. The van der Waals surface area contributed by atoms with Crippen molar-refractivity contribution in [2.24, 2.45) is 5.41 Å². The predicted molar refractivity (Wildman–Crippen MR) is 77.7 cm³/mol. The van der Waals surface area contributed by atoms with Gasteiger partial charge in [-0.1, -0.05) is 32.0 Å². The molecule has 0 bridgehead atoms. The topological polar surface area (TPSA) is 60.8 Å². The van der Waals surface area contributed by atoms with Crippen molar-refractivity contribution < 1.29 is 15.0 Å². The number of aliphatic hydroxyl groups is 1. The Hall–Kier alpha value is -1.39. The van der Waals surface area contributed by atoms with Gasteiger partial charge in [0.25, 0.3) is 0 Å². The molecule has 4 heteroatoms. The van der Waals surface area contributed by atoms with Gasteiger partial charge in [0.15, 0.2) is 0 Å². The zero-order valence-corrected chi connectivity index (χ0v) is 12.4. The van der Waals surface area contributed by atoms with Crippen LogP contribution in [0.4, 0.5) is 0 Å². The predicted octanol–water partition coefficient (Wildman–Crippen LogP) is 2.37. The van der Waals surface area contributed by atoms with Crippen LogP contribution >= 0.6 is 0 Å². The Morgan fingerprint density at radius 3 is 2.55 bits per heavy atom. The molecular weight excluding hydrogens is 254 g/mol. The highest BCUT2D eigenvalue weighted by atomic mass is 16.4. The summed E-state index contributed by atoms with van der Waals surface area (Å²) >= 11 is 0. The van der Waals surface area contributed by atoms with Gasteiger partial charge >= 0.3 is 5.97 Å². The van der Waals surface area contributed by atoms with Crippen molar-refractivity contribution in [3.05, 3.63) is 35.4 Å². The van der Waals surface area contributed by atoms with Crippen LogP contribution in [0.15, 0.2) is 24.3 Å². The van der Waals surface area contributed by atoms with E-state index < -0.39 is 11.6 Å². The summed E-state index contributed by atoms with van der Waals surface area (Å²) in [7, 11) is 0. The van der Waals surface area contributed by atoms with Crippen LogP contribution in [-0.4, -0.2) is 39.8 Å². The van der Waals surface area contributed by atoms with Crippen LogP contribution in [0.5, 0.6) is 0 Å². The van der Waals surface area contributed by atoms with Crippen LogP contribution in [0, 0.1) is 5.41 Å². The lowest BCUT2D eigenvalue weighted by Crippen LogP contribution is -2.55. The van der Waals surface area contributed by atoms with E-state index in [1.165, 1.54) is 0 Å². The maximum absolute atomic E-state index is 11.2. The maximum Gasteiger partial charge on any atom is 0.336 e. The van der Waals surface area contributed by atoms with Gasteiger partial charge in [0.05, 0.1) is 11.2 Å². The molecule has 0 amide bonds. The summed E-state index contributed by atoms with van der Waals surface area (Å²) in [6.45, 7) is 8.15. The van der Waals surface area contributed by atoms with Crippen molar-refractivity contribution in [2.45, 2.75) is 39.3 Å².